The van der Waals surface area contributed by atoms with Crippen LogP contribution in [0.2, 0.25) is 0 Å². The van der Waals surface area contributed by atoms with Gasteiger partial charge in [0.05, 0.1) is 13.0 Å². The molecule has 0 saturated carbocycles. The van der Waals surface area contributed by atoms with Crippen molar-refractivity contribution >= 4 is 11.9 Å². The Morgan fingerprint density at radius 3 is 2.38 bits per heavy atom. The van der Waals surface area contributed by atoms with Crippen molar-refractivity contribution in [2.45, 2.75) is 40.0 Å². The molecule has 0 aromatic carbocycles. The van der Waals surface area contributed by atoms with Gasteiger partial charge in [0, 0.05) is 19.5 Å². The highest BCUT2D eigenvalue weighted by molar-refractivity contribution is 5.77. The first kappa shape index (κ1) is 14.9. The Morgan fingerprint density at radius 1 is 1.31 bits per heavy atom. The van der Waals surface area contributed by atoms with Crippen LogP contribution in [0.15, 0.2) is 0 Å². The van der Waals surface area contributed by atoms with E-state index in [1.807, 2.05) is 6.92 Å². The number of hydrogen-bond acceptors (Lipinski definition) is 3. The lowest BCUT2D eigenvalue weighted by Gasteiger charge is -2.23. The smallest absolute Gasteiger partial charge is 0.310 e. The highest BCUT2D eigenvalue weighted by Crippen LogP contribution is 2.06. The number of unbranched alkanes of at least 4 members (excludes halogenated alkanes) is 1. The van der Waals surface area contributed by atoms with Crippen LogP contribution < -0.4 is 0 Å². The van der Waals surface area contributed by atoms with E-state index in [4.69, 9.17) is 0 Å². The molecule has 0 rings (SSSR count). The molecule has 0 spiro atoms. The largest absolute Gasteiger partial charge is 0.469 e. The second-order valence-electron chi connectivity index (χ2n) is 3.96. The van der Waals surface area contributed by atoms with E-state index in [1.165, 1.54) is 7.11 Å². The molecular weight excluding hydrogens is 206 g/mol. The SMILES string of the molecule is CCCCC(=O)N(CC)CC(C)C(=O)OC. The number of esters is 1. The first-order chi connectivity index (χ1) is 7.56. The number of methoxy groups -OCH3 is 1. The van der Waals surface area contributed by atoms with Gasteiger partial charge in [-0.1, -0.05) is 20.3 Å². The minimum Gasteiger partial charge on any atom is -0.469 e. The number of ether oxygens (including phenoxy) is 1. The summed E-state index contributed by atoms with van der Waals surface area (Å²) < 4.78 is 4.64. The molecule has 0 aliphatic heterocycles. The molecule has 0 radical (unpaired) electrons. The Balaban J connectivity index is 4.18. The molecule has 4 nitrogen and oxygen atoms in total. The van der Waals surface area contributed by atoms with Crippen LogP contribution in [0.1, 0.15) is 40.0 Å². The normalized spacial score (nSPS) is 12.0. The highest BCUT2D eigenvalue weighted by Gasteiger charge is 2.19. The molecule has 4 heteroatoms. The molecule has 1 amide bonds. The van der Waals surface area contributed by atoms with Gasteiger partial charge >= 0.3 is 5.97 Å². The van der Waals surface area contributed by atoms with Crippen molar-refractivity contribution in [1.82, 2.24) is 4.90 Å². The number of hydrogen-bond donors (Lipinski definition) is 0. The zero-order chi connectivity index (χ0) is 12.6. The molecule has 0 aromatic rings. The van der Waals surface area contributed by atoms with Gasteiger partial charge in [-0.25, -0.2) is 0 Å². The summed E-state index contributed by atoms with van der Waals surface area (Å²) in [6, 6.07) is 0. The molecule has 0 aliphatic rings. The lowest BCUT2D eigenvalue weighted by molar-refractivity contribution is -0.146. The van der Waals surface area contributed by atoms with Crippen LogP contribution in [0, 0.1) is 5.92 Å². The van der Waals surface area contributed by atoms with E-state index < -0.39 is 0 Å². The van der Waals surface area contributed by atoms with Gasteiger partial charge in [-0.3, -0.25) is 9.59 Å². The lowest BCUT2D eigenvalue weighted by Crippen LogP contribution is -2.36. The maximum absolute atomic E-state index is 11.8. The van der Waals surface area contributed by atoms with Crippen molar-refractivity contribution in [2.24, 2.45) is 5.92 Å². The Hall–Kier alpha value is -1.06. The molecule has 94 valence electrons. The fraction of sp³-hybridized carbons (Fsp3) is 0.833. The molecule has 0 N–H and O–H groups in total. The third-order valence-corrected chi connectivity index (χ3v) is 2.58. The van der Waals surface area contributed by atoms with Crippen molar-refractivity contribution in [1.29, 1.82) is 0 Å². The van der Waals surface area contributed by atoms with E-state index >= 15 is 0 Å². The second kappa shape index (κ2) is 8.13. The first-order valence-electron chi connectivity index (χ1n) is 5.92. The van der Waals surface area contributed by atoms with Crippen LogP contribution >= 0.6 is 0 Å². The number of rotatable bonds is 7. The van der Waals surface area contributed by atoms with Gasteiger partial charge in [0.15, 0.2) is 0 Å². The average molecular weight is 229 g/mol. The molecule has 1 atom stereocenters. The monoisotopic (exact) mass is 229 g/mol. The maximum Gasteiger partial charge on any atom is 0.310 e. The summed E-state index contributed by atoms with van der Waals surface area (Å²) in [7, 11) is 1.37. The summed E-state index contributed by atoms with van der Waals surface area (Å²) in [5, 5.41) is 0. The van der Waals surface area contributed by atoms with Crippen LogP contribution in [0.25, 0.3) is 0 Å². The van der Waals surface area contributed by atoms with Gasteiger partial charge in [0.2, 0.25) is 5.91 Å². The molecule has 0 aliphatic carbocycles. The first-order valence-corrected chi connectivity index (χ1v) is 5.92. The molecule has 1 unspecified atom stereocenters. The molecule has 0 aromatic heterocycles. The topological polar surface area (TPSA) is 46.6 Å². The highest BCUT2D eigenvalue weighted by atomic mass is 16.5. The van der Waals surface area contributed by atoms with Gasteiger partial charge in [-0.15, -0.1) is 0 Å². The lowest BCUT2D eigenvalue weighted by atomic mass is 10.1. The van der Waals surface area contributed by atoms with Gasteiger partial charge in [-0.05, 0) is 13.3 Å². The van der Waals surface area contributed by atoms with Gasteiger partial charge in [0.1, 0.15) is 0 Å². The Morgan fingerprint density at radius 2 is 1.94 bits per heavy atom. The average Bonchev–Trinajstić information content (AvgIpc) is 2.31. The summed E-state index contributed by atoms with van der Waals surface area (Å²) in [5.74, 6) is -0.391. The maximum atomic E-state index is 11.8. The summed E-state index contributed by atoms with van der Waals surface area (Å²) in [6.07, 6.45) is 2.48. The third kappa shape index (κ3) is 5.14. The Bertz CT molecular complexity index is 228. The summed E-state index contributed by atoms with van der Waals surface area (Å²) in [6.45, 7) is 6.85. The predicted molar refractivity (Wildman–Crippen MR) is 63.0 cm³/mol. The predicted octanol–water partition coefficient (Wildman–Crippen LogP) is 1.83. The van der Waals surface area contributed by atoms with E-state index in [9.17, 15) is 9.59 Å². The number of carbonyl (C=O) groups excluding carboxylic acids is 2. The molecule has 0 fully saturated rings. The van der Waals surface area contributed by atoms with Crippen molar-refractivity contribution in [3.05, 3.63) is 0 Å². The van der Waals surface area contributed by atoms with E-state index in [-0.39, 0.29) is 17.8 Å². The van der Waals surface area contributed by atoms with Crippen molar-refractivity contribution in [3.63, 3.8) is 0 Å². The van der Waals surface area contributed by atoms with Gasteiger partial charge in [0.25, 0.3) is 0 Å². The van der Waals surface area contributed by atoms with Gasteiger partial charge in [-0.2, -0.15) is 0 Å². The zero-order valence-electron chi connectivity index (χ0n) is 10.8. The quantitative estimate of drug-likeness (QED) is 0.626. The van der Waals surface area contributed by atoms with Crippen LogP contribution in [0.4, 0.5) is 0 Å². The Kier molecular flexibility index (Phi) is 7.60. The molecule has 0 heterocycles. The van der Waals surface area contributed by atoms with Crippen molar-refractivity contribution in [2.75, 3.05) is 20.2 Å². The number of amides is 1. The van der Waals surface area contributed by atoms with E-state index in [1.54, 1.807) is 11.8 Å². The molecular formula is C12H23NO3. The van der Waals surface area contributed by atoms with Crippen LogP contribution in [-0.2, 0) is 14.3 Å². The number of nitrogens with zero attached hydrogens (tertiary/aromatic N) is 1. The Labute approximate surface area is 98.0 Å². The van der Waals surface area contributed by atoms with Crippen LogP contribution in [0.3, 0.4) is 0 Å². The fourth-order valence-electron chi connectivity index (χ4n) is 1.50. The third-order valence-electron chi connectivity index (χ3n) is 2.58. The minimum absolute atomic E-state index is 0.125. The second-order valence-corrected chi connectivity index (χ2v) is 3.96. The van der Waals surface area contributed by atoms with Crippen LogP contribution in [0.5, 0.6) is 0 Å². The van der Waals surface area contributed by atoms with E-state index in [0.29, 0.717) is 19.5 Å². The van der Waals surface area contributed by atoms with E-state index in [2.05, 4.69) is 11.7 Å². The van der Waals surface area contributed by atoms with Crippen molar-refractivity contribution in [3.8, 4) is 0 Å². The van der Waals surface area contributed by atoms with E-state index in [0.717, 1.165) is 12.8 Å². The molecule has 0 bridgehead atoms. The van der Waals surface area contributed by atoms with Crippen LogP contribution in [-0.4, -0.2) is 37.0 Å². The summed E-state index contributed by atoms with van der Waals surface area (Å²) >= 11 is 0. The minimum atomic E-state index is -0.262. The fourth-order valence-corrected chi connectivity index (χ4v) is 1.50. The molecule has 16 heavy (non-hydrogen) atoms. The van der Waals surface area contributed by atoms with Gasteiger partial charge < -0.3 is 9.64 Å². The standard InChI is InChI=1S/C12H23NO3/c1-5-7-8-11(14)13(6-2)9-10(3)12(15)16-4/h10H,5-9H2,1-4H3. The summed E-state index contributed by atoms with van der Waals surface area (Å²) in [5.41, 5.74) is 0. The van der Waals surface area contributed by atoms with Crippen molar-refractivity contribution < 1.29 is 14.3 Å². The molecule has 0 saturated heterocycles. The zero-order valence-corrected chi connectivity index (χ0v) is 10.8. The summed E-state index contributed by atoms with van der Waals surface area (Å²) in [4.78, 5) is 24.7. The number of carbonyl (C=O) groups is 2.